The Hall–Kier alpha value is -1.25. The van der Waals surface area contributed by atoms with Crippen LogP contribution in [-0.2, 0) is 0 Å². The van der Waals surface area contributed by atoms with E-state index in [0.717, 1.165) is 12.5 Å². The Kier molecular flexibility index (Phi) is 3.55. The molecule has 2 rings (SSSR count). The van der Waals surface area contributed by atoms with Crippen LogP contribution >= 0.6 is 0 Å². The number of rotatable bonds is 4. The van der Waals surface area contributed by atoms with E-state index >= 15 is 0 Å². The predicted molar refractivity (Wildman–Crippen MR) is 72.2 cm³/mol. The second-order valence-corrected chi connectivity index (χ2v) is 5.72. The minimum absolute atomic E-state index is 0.520. The lowest BCUT2D eigenvalue weighted by molar-refractivity contribution is 0.194. The molecule has 0 atom stereocenters. The molecule has 0 unspecified atom stereocenters. The van der Waals surface area contributed by atoms with Crippen molar-refractivity contribution in [3.05, 3.63) is 25.0 Å². The van der Waals surface area contributed by atoms with Gasteiger partial charge in [0.1, 0.15) is 0 Å². The van der Waals surface area contributed by atoms with Gasteiger partial charge < -0.3 is 9.88 Å². The molecule has 17 heavy (non-hydrogen) atoms. The van der Waals surface area contributed by atoms with Crippen LogP contribution in [-0.4, -0.2) is 16.1 Å². The quantitative estimate of drug-likeness (QED) is 0.805. The van der Waals surface area contributed by atoms with E-state index in [2.05, 4.69) is 41.5 Å². The lowest BCUT2D eigenvalue weighted by Gasteiger charge is -2.35. The molecule has 1 N–H and O–H groups in total. The molecule has 0 spiro atoms. The first-order valence-corrected chi connectivity index (χ1v) is 6.50. The average Bonchev–Trinajstić information content (AvgIpc) is 2.74. The molecule has 0 amide bonds. The SMILES string of the molecule is C=CCNc1nccn1C1CCC(C)(C)CC1. The number of imidazole rings is 1. The molecule has 0 bridgehead atoms. The normalized spacial score (nSPS) is 20.1. The van der Waals surface area contributed by atoms with E-state index < -0.39 is 0 Å². The van der Waals surface area contributed by atoms with Crippen LogP contribution in [0.4, 0.5) is 5.95 Å². The van der Waals surface area contributed by atoms with Gasteiger partial charge in [0.15, 0.2) is 0 Å². The van der Waals surface area contributed by atoms with Crippen molar-refractivity contribution < 1.29 is 0 Å². The van der Waals surface area contributed by atoms with Crippen LogP contribution in [0.25, 0.3) is 0 Å². The topological polar surface area (TPSA) is 29.9 Å². The number of hydrogen-bond donors (Lipinski definition) is 1. The van der Waals surface area contributed by atoms with Gasteiger partial charge in [0.25, 0.3) is 0 Å². The molecule has 0 saturated heterocycles. The van der Waals surface area contributed by atoms with Gasteiger partial charge in [-0.05, 0) is 31.1 Å². The van der Waals surface area contributed by atoms with E-state index in [0.29, 0.717) is 11.5 Å². The summed E-state index contributed by atoms with van der Waals surface area (Å²) in [7, 11) is 0. The fourth-order valence-corrected chi connectivity index (χ4v) is 2.57. The Morgan fingerprint density at radius 1 is 1.53 bits per heavy atom. The molecule has 94 valence electrons. The van der Waals surface area contributed by atoms with Crippen molar-refractivity contribution in [3.63, 3.8) is 0 Å². The fourth-order valence-electron chi connectivity index (χ4n) is 2.57. The summed E-state index contributed by atoms with van der Waals surface area (Å²) in [5, 5.41) is 3.29. The highest BCUT2D eigenvalue weighted by Gasteiger charge is 2.28. The van der Waals surface area contributed by atoms with Crippen LogP contribution in [0, 0.1) is 5.41 Å². The fraction of sp³-hybridized carbons (Fsp3) is 0.643. The Balaban J connectivity index is 2.03. The maximum atomic E-state index is 4.37. The summed E-state index contributed by atoms with van der Waals surface area (Å²) < 4.78 is 2.29. The van der Waals surface area contributed by atoms with Crippen LogP contribution in [0.3, 0.4) is 0 Å². The summed E-state index contributed by atoms with van der Waals surface area (Å²) in [6.45, 7) is 9.23. The molecule has 0 aliphatic heterocycles. The highest BCUT2D eigenvalue weighted by Crippen LogP contribution is 2.40. The second kappa shape index (κ2) is 4.94. The van der Waals surface area contributed by atoms with Gasteiger partial charge in [0.2, 0.25) is 5.95 Å². The summed E-state index contributed by atoms with van der Waals surface area (Å²) in [6, 6.07) is 0.609. The Morgan fingerprint density at radius 3 is 2.88 bits per heavy atom. The summed E-state index contributed by atoms with van der Waals surface area (Å²) in [6.07, 6.45) is 11.0. The Bertz CT molecular complexity index is 369. The maximum Gasteiger partial charge on any atom is 0.203 e. The van der Waals surface area contributed by atoms with Crippen LogP contribution in [0.2, 0.25) is 0 Å². The zero-order valence-corrected chi connectivity index (χ0v) is 10.9. The Labute approximate surface area is 104 Å². The number of aromatic nitrogens is 2. The molecule has 1 aromatic heterocycles. The van der Waals surface area contributed by atoms with Gasteiger partial charge in [-0.1, -0.05) is 19.9 Å². The van der Waals surface area contributed by atoms with Crippen molar-refractivity contribution in [2.45, 2.75) is 45.6 Å². The lowest BCUT2D eigenvalue weighted by Crippen LogP contribution is -2.24. The van der Waals surface area contributed by atoms with Crippen molar-refractivity contribution in [1.82, 2.24) is 9.55 Å². The largest absolute Gasteiger partial charge is 0.352 e. The first-order chi connectivity index (χ1) is 8.12. The van der Waals surface area contributed by atoms with E-state index in [1.165, 1.54) is 25.7 Å². The minimum Gasteiger partial charge on any atom is -0.352 e. The third-order valence-corrected chi connectivity index (χ3v) is 3.78. The molecule has 0 radical (unpaired) electrons. The molecule has 1 aliphatic rings. The predicted octanol–water partition coefficient (Wildman–Crippen LogP) is 3.62. The molecular formula is C14H23N3. The zero-order valence-electron chi connectivity index (χ0n) is 10.9. The second-order valence-electron chi connectivity index (χ2n) is 5.72. The number of nitrogens with one attached hydrogen (secondary N) is 1. The zero-order chi connectivity index (χ0) is 12.3. The van der Waals surface area contributed by atoms with Crippen LogP contribution in [0.15, 0.2) is 25.0 Å². The third kappa shape index (κ3) is 2.90. The number of nitrogens with zero attached hydrogens (tertiary/aromatic N) is 2. The highest BCUT2D eigenvalue weighted by atomic mass is 15.2. The monoisotopic (exact) mass is 233 g/mol. The highest BCUT2D eigenvalue weighted by molar-refractivity contribution is 5.27. The van der Waals surface area contributed by atoms with Crippen molar-refractivity contribution in [2.75, 3.05) is 11.9 Å². The molecular weight excluding hydrogens is 210 g/mol. The standard InChI is InChI=1S/C14H23N3/c1-4-9-15-13-16-10-11-17(13)12-5-7-14(2,3)8-6-12/h4,10-12H,1,5-9H2,2-3H3,(H,15,16). The van der Waals surface area contributed by atoms with Crippen molar-refractivity contribution in [2.24, 2.45) is 5.41 Å². The lowest BCUT2D eigenvalue weighted by atomic mass is 9.75. The van der Waals surface area contributed by atoms with Gasteiger partial charge in [0.05, 0.1) is 0 Å². The molecule has 1 aromatic rings. The van der Waals surface area contributed by atoms with E-state index in [4.69, 9.17) is 0 Å². The van der Waals surface area contributed by atoms with Gasteiger partial charge in [-0.2, -0.15) is 0 Å². The minimum atomic E-state index is 0.520. The first kappa shape index (κ1) is 12.2. The van der Waals surface area contributed by atoms with E-state index in [1.54, 1.807) is 0 Å². The van der Waals surface area contributed by atoms with Gasteiger partial charge in [-0.25, -0.2) is 4.98 Å². The summed E-state index contributed by atoms with van der Waals surface area (Å²) in [5.41, 5.74) is 0.520. The molecule has 1 saturated carbocycles. The summed E-state index contributed by atoms with van der Waals surface area (Å²) in [5.74, 6) is 0.981. The summed E-state index contributed by atoms with van der Waals surface area (Å²) in [4.78, 5) is 4.37. The van der Waals surface area contributed by atoms with Crippen LogP contribution < -0.4 is 5.32 Å². The number of hydrogen-bond acceptors (Lipinski definition) is 2. The number of anilines is 1. The van der Waals surface area contributed by atoms with E-state index in [9.17, 15) is 0 Å². The Morgan fingerprint density at radius 2 is 2.24 bits per heavy atom. The molecule has 1 aliphatic carbocycles. The van der Waals surface area contributed by atoms with E-state index in [-0.39, 0.29) is 0 Å². The van der Waals surface area contributed by atoms with Crippen molar-refractivity contribution in [1.29, 1.82) is 0 Å². The van der Waals surface area contributed by atoms with Crippen LogP contribution in [0.5, 0.6) is 0 Å². The van der Waals surface area contributed by atoms with E-state index in [1.807, 2.05) is 12.3 Å². The molecule has 1 heterocycles. The van der Waals surface area contributed by atoms with Crippen molar-refractivity contribution in [3.8, 4) is 0 Å². The smallest absolute Gasteiger partial charge is 0.203 e. The molecule has 0 aromatic carbocycles. The summed E-state index contributed by atoms with van der Waals surface area (Å²) >= 11 is 0. The van der Waals surface area contributed by atoms with Crippen molar-refractivity contribution >= 4 is 5.95 Å². The van der Waals surface area contributed by atoms with Gasteiger partial charge >= 0.3 is 0 Å². The molecule has 1 fully saturated rings. The maximum absolute atomic E-state index is 4.37. The average molecular weight is 233 g/mol. The van der Waals surface area contributed by atoms with Gasteiger partial charge in [-0.3, -0.25) is 0 Å². The van der Waals surface area contributed by atoms with Gasteiger partial charge in [0, 0.05) is 25.0 Å². The molecule has 3 nitrogen and oxygen atoms in total. The van der Waals surface area contributed by atoms with Crippen LogP contribution in [0.1, 0.15) is 45.6 Å². The third-order valence-electron chi connectivity index (χ3n) is 3.78. The van der Waals surface area contributed by atoms with Gasteiger partial charge in [-0.15, -0.1) is 6.58 Å². The molecule has 3 heteroatoms. The first-order valence-electron chi connectivity index (χ1n) is 6.50.